The highest BCUT2D eigenvalue weighted by Gasteiger charge is 2.38. The van der Waals surface area contributed by atoms with E-state index in [1.165, 1.54) is 28.4 Å². The highest BCUT2D eigenvalue weighted by molar-refractivity contribution is 7.90. The fraction of sp³-hybridized carbons (Fsp3) is 0.542. The number of aromatic nitrogens is 1. The maximum Gasteiger partial charge on any atom is 0.328 e. The third-order valence-corrected chi connectivity index (χ3v) is 8.55. The van der Waals surface area contributed by atoms with Gasteiger partial charge < -0.3 is 14.7 Å². The van der Waals surface area contributed by atoms with Crippen LogP contribution in [0.25, 0.3) is 10.4 Å². The summed E-state index contributed by atoms with van der Waals surface area (Å²) >= 11 is 7.25. The Morgan fingerprint density at radius 3 is 2.50 bits per heavy atom. The Morgan fingerprint density at radius 2 is 1.94 bits per heavy atom. The molecule has 1 aliphatic rings. The molecular weight excluding hydrogens is 526 g/mol. The van der Waals surface area contributed by atoms with Gasteiger partial charge in [-0.15, -0.1) is 0 Å². The number of carbonyl (C=O) groups is 2. The zero-order valence-electron chi connectivity index (χ0n) is 21.0. The van der Waals surface area contributed by atoms with Crippen LogP contribution in [0.15, 0.2) is 23.1 Å². The number of halogens is 1. The van der Waals surface area contributed by atoms with E-state index in [0.29, 0.717) is 29.0 Å². The molecule has 1 fully saturated rings. The van der Waals surface area contributed by atoms with Crippen LogP contribution in [0.5, 0.6) is 0 Å². The maximum atomic E-state index is 13.4. The summed E-state index contributed by atoms with van der Waals surface area (Å²) in [5.74, 6) is -1.13. The number of rotatable bonds is 8. The number of urea groups is 1. The minimum atomic E-state index is -3.54. The molecule has 1 saturated carbocycles. The number of amides is 2. The number of hydrogen-bond donors (Lipinski definition) is 2. The van der Waals surface area contributed by atoms with Crippen LogP contribution >= 0.6 is 22.9 Å². The van der Waals surface area contributed by atoms with Gasteiger partial charge in [0.05, 0.1) is 32.7 Å². The summed E-state index contributed by atoms with van der Waals surface area (Å²) in [5.41, 5.74) is 0.635. The van der Waals surface area contributed by atoms with Gasteiger partial charge in [-0.3, -0.25) is 5.32 Å². The standard InChI is InChI=1S/C24H32ClN3O6S2/c1-14-20(15-10-11-17(25)19(12-15)36(5,32)33)35-22(26-14)27-23(31)28(16-8-6-7-9-16)18(21(29)30)13-34-24(2,3)4/h10-12,16,18H,6-9,13H2,1-5H3,(H,29,30)(H,26,27,31). The molecule has 0 spiro atoms. The Kier molecular flexibility index (Phi) is 8.70. The van der Waals surface area contributed by atoms with Crippen LogP contribution in [-0.2, 0) is 19.4 Å². The van der Waals surface area contributed by atoms with E-state index in [4.69, 9.17) is 16.3 Å². The molecule has 36 heavy (non-hydrogen) atoms. The lowest BCUT2D eigenvalue weighted by molar-refractivity contribution is -0.147. The van der Waals surface area contributed by atoms with Gasteiger partial charge >= 0.3 is 12.0 Å². The van der Waals surface area contributed by atoms with Crippen molar-refractivity contribution in [3.05, 3.63) is 28.9 Å². The predicted octanol–water partition coefficient (Wildman–Crippen LogP) is 5.22. The van der Waals surface area contributed by atoms with Crippen LogP contribution in [0.1, 0.15) is 52.1 Å². The Labute approximate surface area is 220 Å². The maximum absolute atomic E-state index is 13.4. The number of hydrogen-bond acceptors (Lipinski definition) is 7. The molecule has 2 aromatic rings. The number of carboxylic acid groups (broad SMARTS) is 1. The van der Waals surface area contributed by atoms with Crippen molar-refractivity contribution in [2.75, 3.05) is 18.2 Å². The second-order valence-corrected chi connectivity index (χ2v) is 13.3. The SMILES string of the molecule is Cc1nc(NC(=O)N(C2CCCC2)C(COC(C)(C)C)C(=O)O)sc1-c1ccc(Cl)c(S(C)(=O)=O)c1. The fourth-order valence-electron chi connectivity index (χ4n) is 4.15. The Hall–Kier alpha value is -2.21. The Bertz CT molecular complexity index is 1230. The highest BCUT2D eigenvalue weighted by Crippen LogP contribution is 2.36. The number of sulfone groups is 1. The van der Waals surface area contributed by atoms with Crippen molar-refractivity contribution in [1.82, 2.24) is 9.88 Å². The van der Waals surface area contributed by atoms with Gasteiger partial charge in [0.15, 0.2) is 21.0 Å². The summed E-state index contributed by atoms with van der Waals surface area (Å²) in [6.45, 7) is 7.11. The summed E-state index contributed by atoms with van der Waals surface area (Å²) in [6.07, 6.45) is 4.35. The summed E-state index contributed by atoms with van der Waals surface area (Å²) < 4.78 is 29.9. The molecule has 0 radical (unpaired) electrons. The van der Waals surface area contributed by atoms with E-state index < -0.39 is 33.5 Å². The molecule has 3 rings (SSSR count). The first-order valence-electron chi connectivity index (χ1n) is 11.6. The summed E-state index contributed by atoms with van der Waals surface area (Å²) in [6, 6.07) is 2.77. The minimum absolute atomic E-state index is 0.00982. The topological polar surface area (TPSA) is 126 Å². The average molecular weight is 558 g/mol. The number of nitrogens with zero attached hydrogens (tertiary/aromatic N) is 2. The summed E-state index contributed by atoms with van der Waals surface area (Å²) in [7, 11) is -3.54. The van der Waals surface area contributed by atoms with Crippen molar-refractivity contribution in [1.29, 1.82) is 0 Å². The zero-order valence-corrected chi connectivity index (χ0v) is 23.4. The van der Waals surface area contributed by atoms with Crippen molar-refractivity contribution < 1.29 is 27.9 Å². The highest BCUT2D eigenvalue weighted by atomic mass is 35.5. The quantitative estimate of drug-likeness (QED) is 0.455. The molecular formula is C24H32ClN3O6S2. The predicted molar refractivity (Wildman–Crippen MR) is 141 cm³/mol. The van der Waals surface area contributed by atoms with E-state index in [-0.39, 0.29) is 27.7 Å². The molecule has 1 aromatic heterocycles. The Morgan fingerprint density at radius 1 is 1.31 bits per heavy atom. The number of anilines is 1. The van der Waals surface area contributed by atoms with Gasteiger partial charge in [0.2, 0.25) is 0 Å². The van der Waals surface area contributed by atoms with Crippen LogP contribution in [0, 0.1) is 6.92 Å². The lowest BCUT2D eigenvalue weighted by atomic mass is 10.1. The monoisotopic (exact) mass is 557 g/mol. The number of nitrogens with one attached hydrogen (secondary N) is 1. The Balaban J connectivity index is 1.89. The summed E-state index contributed by atoms with van der Waals surface area (Å²) in [4.78, 5) is 32.1. The van der Waals surface area contributed by atoms with E-state index in [1.807, 2.05) is 20.8 Å². The first kappa shape index (κ1) is 28.4. The zero-order chi connectivity index (χ0) is 26.8. The largest absolute Gasteiger partial charge is 0.480 e. The molecule has 9 nitrogen and oxygen atoms in total. The third-order valence-electron chi connectivity index (χ3n) is 5.85. The molecule has 198 valence electrons. The number of carbonyl (C=O) groups excluding carboxylic acids is 1. The fourth-order valence-corrected chi connectivity index (χ4v) is 6.40. The van der Waals surface area contributed by atoms with Gasteiger partial charge in [-0.25, -0.2) is 23.0 Å². The number of thiazole rings is 1. The molecule has 0 aliphatic heterocycles. The normalized spacial score (nSPS) is 15.6. The lowest BCUT2D eigenvalue weighted by Gasteiger charge is -2.35. The molecule has 2 amide bonds. The van der Waals surface area contributed by atoms with Crippen molar-refractivity contribution in [2.24, 2.45) is 0 Å². The van der Waals surface area contributed by atoms with Crippen LogP contribution in [0.3, 0.4) is 0 Å². The summed E-state index contributed by atoms with van der Waals surface area (Å²) in [5, 5.41) is 13.1. The molecule has 2 N–H and O–H groups in total. The molecule has 1 heterocycles. The first-order valence-corrected chi connectivity index (χ1v) is 14.7. The van der Waals surface area contributed by atoms with Crippen LogP contribution in [0.4, 0.5) is 9.93 Å². The van der Waals surface area contributed by atoms with Crippen molar-refractivity contribution >= 4 is 49.9 Å². The van der Waals surface area contributed by atoms with Gasteiger partial charge in [-0.1, -0.05) is 41.8 Å². The van der Waals surface area contributed by atoms with Crippen LogP contribution in [0.2, 0.25) is 5.02 Å². The van der Waals surface area contributed by atoms with Crippen molar-refractivity contribution in [2.45, 2.75) is 76.0 Å². The van der Waals surface area contributed by atoms with Gasteiger partial charge in [-0.05, 0) is 58.2 Å². The molecule has 0 bridgehead atoms. The van der Waals surface area contributed by atoms with Gasteiger partial charge in [-0.2, -0.15) is 0 Å². The molecule has 1 aliphatic carbocycles. The van der Waals surface area contributed by atoms with E-state index in [2.05, 4.69) is 10.3 Å². The number of ether oxygens (including phenoxy) is 1. The lowest BCUT2D eigenvalue weighted by Crippen LogP contribution is -2.54. The van der Waals surface area contributed by atoms with Gasteiger partial charge in [0, 0.05) is 12.3 Å². The number of aryl methyl sites for hydroxylation is 1. The second kappa shape index (κ2) is 11.0. The van der Waals surface area contributed by atoms with Gasteiger partial charge in [0.25, 0.3) is 0 Å². The smallest absolute Gasteiger partial charge is 0.328 e. The second-order valence-electron chi connectivity index (χ2n) is 9.90. The number of aliphatic carboxylic acids is 1. The van der Waals surface area contributed by atoms with Crippen molar-refractivity contribution in [3.63, 3.8) is 0 Å². The number of benzene rings is 1. The first-order chi connectivity index (χ1) is 16.7. The van der Waals surface area contributed by atoms with E-state index >= 15 is 0 Å². The van der Waals surface area contributed by atoms with Crippen LogP contribution < -0.4 is 5.32 Å². The van der Waals surface area contributed by atoms with Gasteiger partial charge in [0.1, 0.15) is 0 Å². The average Bonchev–Trinajstić information content (AvgIpc) is 3.39. The van der Waals surface area contributed by atoms with E-state index in [9.17, 15) is 23.1 Å². The molecule has 1 aromatic carbocycles. The molecule has 1 unspecified atom stereocenters. The third kappa shape index (κ3) is 6.96. The van der Waals surface area contributed by atoms with Crippen LogP contribution in [-0.4, -0.2) is 66.0 Å². The molecule has 0 saturated heterocycles. The molecule has 12 heteroatoms. The van der Waals surface area contributed by atoms with E-state index in [0.717, 1.165) is 19.1 Å². The van der Waals surface area contributed by atoms with Crippen molar-refractivity contribution in [3.8, 4) is 10.4 Å². The molecule has 1 atom stereocenters. The minimum Gasteiger partial charge on any atom is -0.480 e. The van der Waals surface area contributed by atoms with E-state index in [1.54, 1.807) is 13.0 Å². The number of carboxylic acids is 1.